The van der Waals surface area contributed by atoms with Crippen LogP contribution in [0.15, 0.2) is 48.5 Å². The number of methoxy groups -OCH3 is 1. The Hall–Kier alpha value is -2.95. The number of amides is 1. The van der Waals surface area contributed by atoms with E-state index in [4.69, 9.17) is 9.47 Å². The molecule has 0 saturated carbocycles. The predicted molar refractivity (Wildman–Crippen MR) is 93.9 cm³/mol. The highest BCUT2D eigenvalue weighted by Gasteiger charge is 2.13. The molecule has 0 radical (unpaired) electrons. The number of nitrogens with one attached hydrogen (secondary N) is 2. The van der Waals surface area contributed by atoms with E-state index in [-0.39, 0.29) is 5.91 Å². The highest BCUT2D eigenvalue weighted by Crippen LogP contribution is 2.21. The maximum atomic E-state index is 12.3. The van der Waals surface area contributed by atoms with Crippen LogP contribution in [0, 0.1) is 6.92 Å². The lowest BCUT2D eigenvalue weighted by Gasteiger charge is -2.08. The molecule has 3 aromatic rings. The van der Waals surface area contributed by atoms with Gasteiger partial charge in [-0.05, 0) is 42.8 Å². The number of fused-ring (bicyclic) bond motifs is 1. The number of hydrogen-bond donors (Lipinski definition) is 2. The summed E-state index contributed by atoms with van der Waals surface area (Å²) in [7, 11) is 1.62. The molecule has 1 amide bonds. The van der Waals surface area contributed by atoms with Gasteiger partial charge in [0.25, 0.3) is 5.91 Å². The summed E-state index contributed by atoms with van der Waals surface area (Å²) in [6.45, 7) is 2.78. The van der Waals surface area contributed by atoms with Crippen molar-refractivity contribution in [1.29, 1.82) is 0 Å². The lowest BCUT2D eigenvalue weighted by atomic mass is 10.1. The molecule has 0 atom stereocenters. The van der Waals surface area contributed by atoms with Crippen LogP contribution in [-0.2, 0) is 0 Å². The Bertz CT molecular complexity index is 837. The maximum Gasteiger partial charge on any atom is 0.268 e. The summed E-state index contributed by atoms with van der Waals surface area (Å²) in [6, 6.07) is 15.2. The first-order valence-corrected chi connectivity index (χ1v) is 7.81. The average molecular weight is 324 g/mol. The number of carbonyl (C=O) groups excluding carboxylic acids is 1. The van der Waals surface area contributed by atoms with Gasteiger partial charge < -0.3 is 19.8 Å². The van der Waals surface area contributed by atoms with Gasteiger partial charge in [0, 0.05) is 10.9 Å². The van der Waals surface area contributed by atoms with Crippen molar-refractivity contribution in [2.75, 3.05) is 20.3 Å². The van der Waals surface area contributed by atoms with E-state index in [0.29, 0.717) is 18.8 Å². The zero-order valence-electron chi connectivity index (χ0n) is 13.8. The average Bonchev–Trinajstić information content (AvgIpc) is 2.96. The Morgan fingerprint density at radius 2 is 1.79 bits per heavy atom. The maximum absolute atomic E-state index is 12.3. The summed E-state index contributed by atoms with van der Waals surface area (Å²) in [6.07, 6.45) is 0. The SMILES string of the molecule is COc1ccc(OCCNC(=O)c2[nH]c3ccccc3c2C)cc1. The molecule has 2 aromatic carbocycles. The van der Waals surface area contributed by atoms with Crippen LogP contribution in [0.2, 0.25) is 0 Å². The highest BCUT2D eigenvalue weighted by molar-refractivity contribution is 6.00. The Balaban J connectivity index is 1.54. The minimum Gasteiger partial charge on any atom is -0.497 e. The number of ether oxygens (including phenoxy) is 2. The van der Waals surface area contributed by atoms with Gasteiger partial charge in [-0.15, -0.1) is 0 Å². The standard InChI is InChI=1S/C19H20N2O3/c1-13-16-5-3-4-6-17(16)21-18(13)19(22)20-11-12-24-15-9-7-14(23-2)8-10-15/h3-10,21H,11-12H2,1-2H3,(H,20,22). The van der Waals surface area contributed by atoms with Gasteiger partial charge >= 0.3 is 0 Å². The fourth-order valence-corrected chi connectivity index (χ4v) is 2.60. The number of rotatable bonds is 6. The Kier molecular flexibility index (Phi) is 4.70. The second kappa shape index (κ2) is 7.08. The van der Waals surface area contributed by atoms with E-state index in [1.54, 1.807) is 7.11 Å². The molecule has 24 heavy (non-hydrogen) atoms. The monoisotopic (exact) mass is 324 g/mol. The van der Waals surface area contributed by atoms with Crippen molar-refractivity contribution in [3.63, 3.8) is 0 Å². The van der Waals surface area contributed by atoms with Crippen LogP contribution >= 0.6 is 0 Å². The number of aromatic amines is 1. The molecule has 0 spiro atoms. The van der Waals surface area contributed by atoms with Crippen LogP contribution in [0.3, 0.4) is 0 Å². The lowest BCUT2D eigenvalue weighted by molar-refractivity contribution is 0.0942. The first kappa shape index (κ1) is 15.9. The molecule has 0 fully saturated rings. The molecule has 1 aromatic heterocycles. The topological polar surface area (TPSA) is 63.4 Å². The number of para-hydroxylation sites is 1. The van der Waals surface area contributed by atoms with Gasteiger partial charge in [0.05, 0.1) is 13.7 Å². The highest BCUT2D eigenvalue weighted by atomic mass is 16.5. The minimum absolute atomic E-state index is 0.123. The van der Waals surface area contributed by atoms with Crippen molar-refractivity contribution < 1.29 is 14.3 Å². The van der Waals surface area contributed by atoms with Crippen LogP contribution in [0.25, 0.3) is 10.9 Å². The third-order valence-electron chi connectivity index (χ3n) is 3.91. The molecule has 124 valence electrons. The molecule has 2 N–H and O–H groups in total. The summed E-state index contributed by atoms with van der Waals surface area (Å²) >= 11 is 0. The Labute approximate surface area is 140 Å². The van der Waals surface area contributed by atoms with Crippen molar-refractivity contribution >= 4 is 16.8 Å². The Morgan fingerprint density at radius 3 is 2.50 bits per heavy atom. The van der Waals surface area contributed by atoms with E-state index < -0.39 is 0 Å². The van der Waals surface area contributed by atoms with Crippen molar-refractivity contribution in [3.8, 4) is 11.5 Å². The number of H-pyrrole nitrogens is 1. The molecule has 1 heterocycles. The molecule has 0 aliphatic carbocycles. The van der Waals surface area contributed by atoms with Gasteiger partial charge in [0.15, 0.2) is 0 Å². The fourth-order valence-electron chi connectivity index (χ4n) is 2.60. The predicted octanol–water partition coefficient (Wildman–Crippen LogP) is 3.29. The van der Waals surface area contributed by atoms with Gasteiger partial charge in [-0.3, -0.25) is 4.79 Å². The van der Waals surface area contributed by atoms with E-state index >= 15 is 0 Å². The summed E-state index contributed by atoms with van der Waals surface area (Å²) in [4.78, 5) is 15.5. The van der Waals surface area contributed by atoms with E-state index in [2.05, 4.69) is 10.3 Å². The summed E-state index contributed by atoms with van der Waals surface area (Å²) < 4.78 is 10.7. The Morgan fingerprint density at radius 1 is 1.08 bits per heavy atom. The molecule has 3 rings (SSSR count). The van der Waals surface area contributed by atoms with Gasteiger partial charge in [-0.1, -0.05) is 18.2 Å². The van der Waals surface area contributed by atoms with Gasteiger partial charge in [0.2, 0.25) is 0 Å². The third-order valence-corrected chi connectivity index (χ3v) is 3.91. The number of hydrogen-bond acceptors (Lipinski definition) is 3. The summed E-state index contributed by atoms with van der Waals surface area (Å²) in [5.74, 6) is 1.40. The molecule has 5 heteroatoms. The zero-order valence-corrected chi connectivity index (χ0v) is 13.8. The van der Waals surface area contributed by atoms with Crippen molar-refractivity contribution in [2.45, 2.75) is 6.92 Å². The van der Waals surface area contributed by atoms with Crippen molar-refractivity contribution in [1.82, 2.24) is 10.3 Å². The van der Waals surface area contributed by atoms with Crippen LogP contribution in [0.1, 0.15) is 16.1 Å². The molecular formula is C19H20N2O3. The van der Waals surface area contributed by atoms with E-state index in [0.717, 1.165) is 28.0 Å². The molecule has 0 aliphatic rings. The van der Waals surface area contributed by atoms with Crippen molar-refractivity contribution in [3.05, 3.63) is 59.8 Å². The fraction of sp³-hybridized carbons (Fsp3) is 0.211. The van der Waals surface area contributed by atoms with Gasteiger partial charge in [0.1, 0.15) is 23.8 Å². The number of carbonyl (C=O) groups is 1. The number of benzene rings is 2. The molecule has 5 nitrogen and oxygen atoms in total. The summed E-state index contributed by atoms with van der Waals surface area (Å²) in [5.41, 5.74) is 2.52. The quantitative estimate of drug-likeness (QED) is 0.684. The molecule has 0 saturated heterocycles. The number of aromatic nitrogens is 1. The van der Waals surface area contributed by atoms with Gasteiger partial charge in [-0.25, -0.2) is 0 Å². The second-order valence-electron chi connectivity index (χ2n) is 5.45. The van der Waals surface area contributed by atoms with E-state index in [9.17, 15) is 4.79 Å². The number of aryl methyl sites for hydroxylation is 1. The van der Waals surface area contributed by atoms with Crippen LogP contribution < -0.4 is 14.8 Å². The van der Waals surface area contributed by atoms with Crippen molar-refractivity contribution in [2.24, 2.45) is 0 Å². The summed E-state index contributed by atoms with van der Waals surface area (Å²) in [5, 5.41) is 3.94. The molecular weight excluding hydrogens is 304 g/mol. The normalized spacial score (nSPS) is 10.6. The first-order valence-electron chi connectivity index (χ1n) is 7.81. The minimum atomic E-state index is -0.123. The van der Waals surface area contributed by atoms with E-state index in [1.165, 1.54) is 0 Å². The molecule has 0 aliphatic heterocycles. The molecule has 0 bridgehead atoms. The largest absolute Gasteiger partial charge is 0.497 e. The second-order valence-corrected chi connectivity index (χ2v) is 5.45. The first-order chi connectivity index (χ1) is 11.7. The third kappa shape index (κ3) is 3.35. The van der Waals surface area contributed by atoms with Crippen LogP contribution in [0.4, 0.5) is 0 Å². The smallest absolute Gasteiger partial charge is 0.268 e. The zero-order chi connectivity index (χ0) is 16.9. The molecule has 0 unspecified atom stereocenters. The van der Waals surface area contributed by atoms with Crippen LogP contribution in [-0.4, -0.2) is 31.2 Å². The lowest BCUT2D eigenvalue weighted by Crippen LogP contribution is -2.28. The van der Waals surface area contributed by atoms with E-state index in [1.807, 2.05) is 55.5 Å². The van der Waals surface area contributed by atoms with Crippen LogP contribution in [0.5, 0.6) is 11.5 Å². The van der Waals surface area contributed by atoms with Gasteiger partial charge in [-0.2, -0.15) is 0 Å².